The van der Waals surface area contributed by atoms with Crippen LogP contribution in [0.5, 0.6) is 0 Å². The molecule has 0 amide bonds. The van der Waals surface area contributed by atoms with Gasteiger partial charge < -0.3 is 0 Å². The molecule has 0 aromatic rings. The third-order valence-electron chi connectivity index (χ3n) is 2.55. The van der Waals surface area contributed by atoms with Crippen LogP contribution >= 0.6 is 15.9 Å². The highest BCUT2D eigenvalue weighted by Crippen LogP contribution is 2.33. The highest BCUT2D eigenvalue weighted by atomic mass is 79.9. The SMILES string of the molecule is CCC1CCC(=C(F)Br)CC1. The molecule has 0 N–H and O–H groups in total. The third-order valence-corrected chi connectivity index (χ3v) is 3.11. The van der Waals surface area contributed by atoms with Gasteiger partial charge in [0.25, 0.3) is 0 Å². The first-order chi connectivity index (χ1) is 5.24. The molecular formula is C9H14BrF. The lowest BCUT2D eigenvalue weighted by atomic mass is 9.85. The molecule has 0 unspecified atom stereocenters. The van der Waals surface area contributed by atoms with Crippen LogP contribution in [0.4, 0.5) is 4.39 Å². The number of allylic oxidation sites excluding steroid dienone is 1. The Morgan fingerprint density at radius 3 is 2.45 bits per heavy atom. The van der Waals surface area contributed by atoms with Gasteiger partial charge in [0.1, 0.15) is 0 Å². The maximum atomic E-state index is 12.6. The fraction of sp³-hybridized carbons (Fsp3) is 0.778. The largest absolute Gasteiger partial charge is 0.199 e. The zero-order valence-electron chi connectivity index (χ0n) is 6.87. The van der Waals surface area contributed by atoms with Gasteiger partial charge >= 0.3 is 0 Å². The van der Waals surface area contributed by atoms with Crippen LogP contribution in [0.3, 0.4) is 0 Å². The smallest absolute Gasteiger partial charge is 0.164 e. The Balaban J connectivity index is 2.42. The van der Waals surface area contributed by atoms with Crippen molar-refractivity contribution in [2.75, 3.05) is 0 Å². The molecule has 0 heterocycles. The molecule has 1 fully saturated rings. The standard InChI is InChI=1S/C9H14BrF/c1-2-7-3-5-8(6-4-7)9(10)11/h7H,2-6H2,1H3. The Morgan fingerprint density at radius 1 is 1.55 bits per heavy atom. The van der Waals surface area contributed by atoms with E-state index in [4.69, 9.17) is 0 Å². The molecule has 1 aliphatic rings. The first kappa shape index (κ1) is 9.24. The Labute approximate surface area is 76.0 Å². The van der Waals surface area contributed by atoms with E-state index < -0.39 is 0 Å². The lowest BCUT2D eigenvalue weighted by Crippen LogP contribution is -2.06. The maximum absolute atomic E-state index is 12.6. The summed E-state index contributed by atoms with van der Waals surface area (Å²) in [5, 5.41) is 0. The summed E-state index contributed by atoms with van der Waals surface area (Å²) >= 11 is 2.89. The maximum Gasteiger partial charge on any atom is 0.164 e. The molecule has 0 aromatic heterocycles. The van der Waals surface area contributed by atoms with Gasteiger partial charge in [0.2, 0.25) is 0 Å². The van der Waals surface area contributed by atoms with Crippen LogP contribution in [0.2, 0.25) is 0 Å². The van der Waals surface area contributed by atoms with Crippen LogP contribution < -0.4 is 0 Å². The number of hydrogen-bond acceptors (Lipinski definition) is 0. The molecule has 0 atom stereocenters. The lowest BCUT2D eigenvalue weighted by molar-refractivity contribution is 0.392. The molecule has 11 heavy (non-hydrogen) atoms. The van der Waals surface area contributed by atoms with Gasteiger partial charge in [0, 0.05) is 0 Å². The van der Waals surface area contributed by atoms with Gasteiger partial charge in [0.05, 0.1) is 0 Å². The molecule has 0 aromatic carbocycles. The van der Waals surface area contributed by atoms with E-state index in [-0.39, 0.29) is 4.74 Å². The van der Waals surface area contributed by atoms with Crippen LogP contribution in [-0.2, 0) is 0 Å². The normalized spacial score (nSPS) is 25.4. The Morgan fingerprint density at radius 2 is 2.09 bits per heavy atom. The summed E-state index contributed by atoms with van der Waals surface area (Å²) in [6, 6.07) is 0. The van der Waals surface area contributed by atoms with E-state index in [1.54, 1.807) is 0 Å². The highest BCUT2D eigenvalue weighted by Gasteiger charge is 2.16. The van der Waals surface area contributed by atoms with Crippen LogP contribution in [0.25, 0.3) is 0 Å². The second-order valence-electron chi connectivity index (χ2n) is 3.22. The minimum Gasteiger partial charge on any atom is -0.199 e. The average molecular weight is 221 g/mol. The summed E-state index contributed by atoms with van der Waals surface area (Å²) in [7, 11) is 0. The molecule has 0 saturated heterocycles. The van der Waals surface area contributed by atoms with Crippen molar-refractivity contribution in [3.05, 3.63) is 10.3 Å². The minimum absolute atomic E-state index is 0.118. The zero-order valence-corrected chi connectivity index (χ0v) is 8.45. The van der Waals surface area contributed by atoms with Crippen molar-refractivity contribution in [2.45, 2.75) is 39.0 Å². The molecular weight excluding hydrogens is 207 g/mol. The third kappa shape index (κ3) is 2.58. The molecule has 1 aliphatic carbocycles. The predicted octanol–water partition coefficient (Wildman–Crippen LogP) is 4.16. The van der Waals surface area contributed by atoms with Crippen molar-refractivity contribution in [1.29, 1.82) is 0 Å². The van der Waals surface area contributed by atoms with Crippen molar-refractivity contribution in [1.82, 2.24) is 0 Å². The van der Waals surface area contributed by atoms with Crippen LogP contribution in [-0.4, -0.2) is 0 Å². The summed E-state index contributed by atoms with van der Waals surface area (Å²) in [4.78, 5) is 0. The van der Waals surface area contributed by atoms with E-state index in [0.29, 0.717) is 0 Å². The quantitative estimate of drug-likeness (QED) is 0.623. The number of halogens is 2. The van der Waals surface area contributed by atoms with Crippen molar-refractivity contribution < 1.29 is 4.39 Å². The molecule has 0 nitrogen and oxygen atoms in total. The monoisotopic (exact) mass is 220 g/mol. The van der Waals surface area contributed by atoms with Gasteiger partial charge in [-0.25, -0.2) is 0 Å². The molecule has 0 bridgehead atoms. The second-order valence-corrected chi connectivity index (χ2v) is 3.91. The van der Waals surface area contributed by atoms with E-state index in [9.17, 15) is 4.39 Å². The Kier molecular flexibility index (Phi) is 3.57. The topological polar surface area (TPSA) is 0 Å². The van der Waals surface area contributed by atoms with Gasteiger partial charge in [-0.3, -0.25) is 0 Å². The van der Waals surface area contributed by atoms with Crippen LogP contribution in [0.1, 0.15) is 39.0 Å². The zero-order chi connectivity index (χ0) is 8.27. The summed E-state index contributed by atoms with van der Waals surface area (Å²) in [6.45, 7) is 2.21. The van der Waals surface area contributed by atoms with Gasteiger partial charge in [-0.05, 0) is 53.1 Å². The Hall–Kier alpha value is 0.150. The molecule has 0 spiro atoms. The fourth-order valence-corrected chi connectivity index (χ4v) is 2.02. The van der Waals surface area contributed by atoms with E-state index in [0.717, 1.165) is 24.3 Å². The summed E-state index contributed by atoms with van der Waals surface area (Å²) in [5.74, 6) is 0.839. The Bertz CT molecular complexity index is 149. The number of rotatable bonds is 1. The van der Waals surface area contributed by atoms with Gasteiger partial charge in [0.15, 0.2) is 4.74 Å². The molecule has 1 rings (SSSR count). The van der Waals surface area contributed by atoms with E-state index in [1.165, 1.54) is 19.3 Å². The van der Waals surface area contributed by atoms with Crippen molar-refractivity contribution in [3.63, 3.8) is 0 Å². The average Bonchev–Trinajstić information content (AvgIpc) is 2.05. The van der Waals surface area contributed by atoms with Crippen molar-refractivity contribution in [2.24, 2.45) is 5.92 Å². The first-order valence-corrected chi connectivity index (χ1v) is 5.06. The molecule has 0 aliphatic heterocycles. The number of hydrogen-bond donors (Lipinski definition) is 0. The highest BCUT2D eigenvalue weighted by molar-refractivity contribution is 9.11. The van der Waals surface area contributed by atoms with Crippen molar-refractivity contribution >= 4 is 15.9 Å². The van der Waals surface area contributed by atoms with Crippen LogP contribution in [0, 0.1) is 5.92 Å². The molecule has 1 saturated carbocycles. The van der Waals surface area contributed by atoms with Crippen LogP contribution in [0.15, 0.2) is 10.3 Å². The summed E-state index contributed by atoms with van der Waals surface area (Å²) in [5.41, 5.74) is 0.981. The summed E-state index contributed by atoms with van der Waals surface area (Å²) < 4.78 is 12.5. The fourth-order valence-electron chi connectivity index (χ4n) is 1.62. The van der Waals surface area contributed by atoms with E-state index in [2.05, 4.69) is 22.9 Å². The minimum atomic E-state index is -0.118. The van der Waals surface area contributed by atoms with Gasteiger partial charge in [-0.15, -0.1) is 0 Å². The second kappa shape index (κ2) is 4.24. The molecule has 0 radical (unpaired) electrons. The molecule has 2 heteroatoms. The van der Waals surface area contributed by atoms with Gasteiger partial charge in [-0.2, -0.15) is 4.39 Å². The predicted molar refractivity (Wildman–Crippen MR) is 49.3 cm³/mol. The van der Waals surface area contributed by atoms with E-state index in [1.807, 2.05) is 0 Å². The van der Waals surface area contributed by atoms with Gasteiger partial charge in [-0.1, -0.05) is 13.3 Å². The van der Waals surface area contributed by atoms with Crippen molar-refractivity contribution in [3.8, 4) is 0 Å². The van der Waals surface area contributed by atoms with E-state index >= 15 is 0 Å². The first-order valence-electron chi connectivity index (χ1n) is 4.27. The molecule has 64 valence electrons. The summed E-state index contributed by atoms with van der Waals surface area (Å²) in [6.07, 6.45) is 5.50. The lowest BCUT2D eigenvalue weighted by Gasteiger charge is -2.21.